The molecule has 0 fully saturated rings. The second-order valence-electron chi connectivity index (χ2n) is 4.01. The number of aliphatic carboxylic acids is 1. The summed E-state index contributed by atoms with van der Waals surface area (Å²) in [5.41, 5.74) is 0. The lowest BCUT2D eigenvalue weighted by Crippen LogP contribution is -2.46. The molecule has 0 saturated carbocycles. The average molecular weight is 231 g/mol. The summed E-state index contributed by atoms with van der Waals surface area (Å²) in [5, 5.41) is 8.92. The number of hydrogen-bond acceptors (Lipinski definition) is 3. The first-order valence-corrected chi connectivity index (χ1v) is 5.45. The number of amides is 1. The molecule has 5 heteroatoms. The van der Waals surface area contributed by atoms with Crippen molar-refractivity contribution in [2.24, 2.45) is 5.92 Å². The van der Waals surface area contributed by atoms with Gasteiger partial charge < -0.3 is 14.7 Å². The fraction of sp³-hybridized carbons (Fsp3) is 0.818. The van der Waals surface area contributed by atoms with Gasteiger partial charge in [0.05, 0.1) is 0 Å². The highest BCUT2D eigenvalue weighted by Crippen LogP contribution is 2.09. The van der Waals surface area contributed by atoms with Crippen molar-refractivity contribution in [3.63, 3.8) is 0 Å². The molecule has 0 rings (SSSR count). The number of nitrogens with zero attached hydrogens (tertiary/aromatic N) is 1. The van der Waals surface area contributed by atoms with E-state index in [-0.39, 0.29) is 18.4 Å². The first-order chi connectivity index (χ1) is 7.43. The fourth-order valence-corrected chi connectivity index (χ4v) is 1.28. The van der Waals surface area contributed by atoms with Crippen LogP contribution >= 0.6 is 0 Å². The summed E-state index contributed by atoms with van der Waals surface area (Å²) in [6.45, 7) is 5.88. The second-order valence-corrected chi connectivity index (χ2v) is 4.01. The minimum Gasteiger partial charge on any atom is -0.480 e. The van der Waals surface area contributed by atoms with E-state index in [1.165, 1.54) is 18.9 Å². The standard InChI is InChI=1S/C11H21NO4/c1-5-8(2)6-12(9(3)11(14)15)10(13)7-16-4/h8-9H,5-7H2,1-4H3,(H,14,15). The first-order valence-electron chi connectivity index (χ1n) is 5.45. The Hall–Kier alpha value is -1.10. The Bertz CT molecular complexity index is 242. The topological polar surface area (TPSA) is 66.8 Å². The summed E-state index contributed by atoms with van der Waals surface area (Å²) < 4.78 is 4.75. The zero-order chi connectivity index (χ0) is 12.7. The van der Waals surface area contributed by atoms with Crippen molar-refractivity contribution in [3.05, 3.63) is 0 Å². The van der Waals surface area contributed by atoms with Crippen LogP contribution in [0, 0.1) is 5.92 Å². The van der Waals surface area contributed by atoms with Gasteiger partial charge in [-0.25, -0.2) is 4.79 Å². The molecule has 2 unspecified atom stereocenters. The van der Waals surface area contributed by atoms with Crippen LogP contribution < -0.4 is 0 Å². The van der Waals surface area contributed by atoms with Gasteiger partial charge in [-0.3, -0.25) is 4.79 Å². The molecule has 0 aliphatic heterocycles. The van der Waals surface area contributed by atoms with E-state index in [0.717, 1.165) is 6.42 Å². The normalized spacial score (nSPS) is 14.2. The minimum atomic E-state index is -0.993. The molecule has 0 spiro atoms. The molecule has 1 N–H and O–H groups in total. The van der Waals surface area contributed by atoms with Gasteiger partial charge in [0.2, 0.25) is 5.91 Å². The van der Waals surface area contributed by atoms with E-state index < -0.39 is 12.0 Å². The van der Waals surface area contributed by atoms with E-state index in [1.54, 1.807) is 0 Å². The van der Waals surface area contributed by atoms with Crippen LogP contribution in [0.15, 0.2) is 0 Å². The van der Waals surface area contributed by atoms with Crippen LogP contribution in [0.5, 0.6) is 0 Å². The van der Waals surface area contributed by atoms with Crippen LogP contribution in [-0.4, -0.2) is 48.2 Å². The fourth-order valence-electron chi connectivity index (χ4n) is 1.28. The molecule has 2 atom stereocenters. The average Bonchev–Trinajstić information content (AvgIpc) is 2.24. The van der Waals surface area contributed by atoms with Gasteiger partial charge in [-0.1, -0.05) is 20.3 Å². The van der Waals surface area contributed by atoms with Crippen LogP contribution in [0.2, 0.25) is 0 Å². The summed E-state index contributed by atoms with van der Waals surface area (Å²) in [6, 6.07) is -0.809. The molecule has 94 valence electrons. The summed E-state index contributed by atoms with van der Waals surface area (Å²) in [6.07, 6.45) is 0.906. The highest BCUT2D eigenvalue weighted by molar-refractivity contribution is 5.84. The van der Waals surface area contributed by atoms with E-state index in [2.05, 4.69) is 0 Å². The number of carboxylic acid groups (broad SMARTS) is 1. The first kappa shape index (κ1) is 14.9. The van der Waals surface area contributed by atoms with Gasteiger partial charge in [0, 0.05) is 13.7 Å². The molecule has 16 heavy (non-hydrogen) atoms. The Labute approximate surface area is 96.4 Å². The monoisotopic (exact) mass is 231 g/mol. The summed E-state index contributed by atoms with van der Waals surface area (Å²) in [4.78, 5) is 23.9. The van der Waals surface area contributed by atoms with Crippen LogP contribution in [0.4, 0.5) is 0 Å². The Morgan fingerprint density at radius 1 is 1.38 bits per heavy atom. The predicted octanol–water partition coefficient (Wildman–Crippen LogP) is 0.981. The third-order valence-corrected chi connectivity index (χ3v) is 2.62. The van der Waals surface area contributed by atoms with Crippen molar-refractivity contribution in [2.75, 3.05) is 20.3 Å². The lowest BCUT2D eigenvalue weighted by Gasteiger charge is -2.28. The van der Waals surface area contributed by atoms with Gasteiger partial charge in [0.25, 0.3) is 0 Å². The number of carboxylic acids is 1. The zero-order valence-corrected chi connectivity index (χ0v) is 10.4. The number of carbonyl (C=O) groups is 2. The van der Waals surface area contributed by atoms with Crippen LogP contribution in [0.25, 0.3) is 0 Å². The predicted molar refractivity (Wildman–Crippen MR) is 60.1 cm³/mol. The summed E-state index contributed by atoms with van der Waals surface area (Å²) in [7, 11) is 1.42. The van der Waals surface area contributed by atoms with Crippen molar-refractivity contribution in [1.29, 1.82) is 0 Å². The number of rotatable bonds is 7. The highest BCUT2D eigenvalue weighted by atomic mass is 16.5. The van der Waals surface area contributed by atoms with Crippen molar-refractivity contribution in [3.8, 4) is 0 Å². The van der Waals surface area contributed by atoms with Crippen molar-refractivity contribution in [1.82, 2.24) is 4.90 Å². The number of methoxy groups -OCH3 is 1. The van der Waals surface area contributed by atoms with Gasteiger partial charge in [-0.2, -0.15) is 0 Å². The molecule has 0 aromatic rings. The Kier molecular flexibility index (Phi) is 6.72. The highest BCUT2D eigenvalue weighted by Gasteiger charge is 2.26. The zero-order valence-electron chi connectivity index (χ0n) is 10.4. The van der Waals surface area contributed by atoms with Gasteiger partial charge in [0.1, 0.15) is 12.6 Å². The van der Waals surface area contributed by atoms with Crippen LogP contribution in [-0.2, 0) is 14.3 Å². The molecule has 0 radical (unpaired) electrons. The molecular weight excluding hydrogens is 210 g/mol. The molecule has 0 aromatic heterocycles. The lowest BCUT2D eigenvalue weighted by atomic mass is 10.1. The van der Waals surface area contributed by atoms with Crippen molar-refractivity contribution < 1.29 is 19.4 Å². The molecular formula is C11H21NO4. The van der Waals surface area contributed by atoms with Gasteiger partial charge >= 0.3 is 5.97 Å². The number of carbonyl (C=O) groups excluding carboxylic acids is 1. The van der Waals surface area contributed by atoms with Gasteiger partial charge in [0.15, 0.2) is 0 Å². The Morgan fingerprint density at radius 2 is 1.94 bits per heavy atom. The lowest BCUT2D eigenvalue weighted by molar-refractivity contribution is -0.151. The third kappa shape index (κ3) is 4.61. The molecule has 0 aliphatic rings. The van der Waals surface area contributed by atoms with Crippen molar-refractivity contribution in [2.45, 2.75) is 33.2 Å². The molecule has 0 bridgehead atoms. The summed E-state index contributed by atoms with van der Waals surface area (Å²) >= 11 is 0. The molecule has 0 aromatic carbocycles. The van der Waals surface area contributed by atoms with E-state index in [1.807, 2.05) is 13.8 Å². The second kappa shape index (κ2) is 7.22. The van der Waals surface area contributed by atoms with Gasteiger partial charge in [-0.15, -0.1) is 0 Å². The molecule has 5 nitrogen and oxygen atoms in total. The van der Waals surface area contributed by atoms with Crippen LogP contribution in [0.3, 0.4) is 0 Å². The molecule has 1 amide bonds. The molecule has 0 aliphatic carbocycles. The SMILES string of the molecule is CCC(C)CN(C(=O)COC)C(C)C(=O)O. The third-order valence-electron chi connectivity index (χ3n) is 2.62. The Balaban J connectivity index is 4.62. The largest absolute Gasteiger partial charge is 0.480 e. The maximum absolute atomic E-state index is 11.7. The van der Waals surface area contributed by atoms with Crippen LogP contribution in [0.1, 0.15) is 27.2 Å². The Morgan fingerprint density at radius 3 is 2.31 bits per heavy atom. The molecule has 0 saturated heterocycles. The maximum atomic E-state index is 11.7. The quantitative estimate of drug-likeness (QED) is 0.709. The summed E-state index contributed by atoms with van der Waals surface area (Å²) in [5.74, 6) is -0.993. The number of hydrogen-bond donors (Lipinski definition) is 1. The van der Waals surface area contributed by atoms with Crippen molar-refractivity contribution >= 4 is 11.9 Å². The number of ether oxygens (including phenoxy) is 1. The smallest absolute Gasteiger partial charge is 0.326 e. The van der Waals surface area contributed by atoms with Gasteiger partial charge in [-0.05, 0) is 12.8 Å². The minimum absolute atomic E-state index is 0.0753. The maximum Gasteiger partial charge on any atom is 0.326 e. The molecule has 0 heterocycles. The van der Waals surface area contributed by atoms with E-state index >= 15 is 0 Å². The van der Waals surface area contributed by atoms with E-state index in [0.29, 0.717) is 6.54 Å². The van der Waals surface area contributed by atoms with E-state index in [9.17, 15) is 9.59 Å². The van der Waals surface area contributed by atoms with E-state index in [4.69, 9.17) is 9.84 Å².